The van der Waals surface area contributed by atoms with E-state index in [0.717, 1.165) is 12.3 Å². The summed E-state index contributed by atoms with van der Waals surface area (Å²) >= 11 is 0. The highest BCUT2D eigenvalue weighted by molar-refractivity contribution is 5.21. The van der Waals surface area contributed by atoms with E-state index in [1.165, 1.54) is 25.7 Å². The molecule has 0 amide bonds. The smallest absolute Gasteiger partial charge is 0.0623 e. The van der Waals surface area contributed by atoms with E-state index in [1.54, 1.807) is 5.57 Å². The molecule has 0 radical (unpaired) electrons. The van der Waals surface area contributed by atoms with Gasteiger partial charge in [0.15, 0.2) is 0 Å². The quantitative estimate of drug-likeness (QED) is 0.667. The van der Waals surface area contributed by atoms with Crippen LogP contribution in [0.3, 0.4) is 0 Å². The van der Waals surface area contributed by atoms with Crippen molar-refractivity contribution in [2.45, 2.75) is 65.4 Å². The molecule has 1 nitrogen and oxygen atoms in total. The summed E-state index contributed by atoms with van der Waals surface area (Å²) in [6.45, 7) is 8.74. The van der Waals surface area contributed by atoms with Gasteiger partial charge >= 0.3 is 0 Å². The summed E-state index contributed by atoms with van der Waals surface area (Å²) in [6.07, 6.45) is 8.67. The van der Waals surface area contributed by atoms with Gasteiger partial charge in [-0.3, -0.25) is 0 Å². The predicted octanol–water partition coefficient (Wildman–Crippen LogP) is 3.92. The van der Waals surface area contributed by atoms with Crippen LogP contribution in [0.25, 0.3) is 0 Å². The van der Waals surface area contributed by atoms with Crippen molar-refractivity contribution < 1.29 is 5.11 Å². The monoisotopic (exact) mass is 222 g/mol. The van der Waals surface area contributed by atoms with Crippen LogP contribution in [-0.2, 0) is 0 Å². The van der Waals surface area contributed by atoms with Crippen LogP contribution in [0, 0.1) is 17.3 Å². The molecule has 1 fully saturated rings. The minimum Gasteiger partial charge on any atom is -0.390 e. The summed E-state index contributed by atoms with van der Waals surface area (Å²) in [5, 5.41) is 10.2. The topological polar surface area (TPSA) is 20.2 Å². The summed E-state index contributed by atoms with van der Waals surface area (Å²) in [5.74, 6) is 1.21. The van der Waals surface area contributed by atoms with Crippen LogP contribution in [0.4, 0.5) is 0 Å². The van der Waals surface area contributed by atoms with Crippen LogP contribution in [-0.4, -0.2) is 10.7 Å². The highest BCUT2D eigenvalue weighted by Crippen LogP contribution is 2.53. The van der Waals surface area contributed by atoms with Crippen LogP contribution in [0.5, 0.6) is 0 Å². The molecule has 3 atom stereocenters. The Bertz CT molecular complexity index is 297. The second kappa shape index (κ2) is 3.87. The molecule has 1 heteroatoms. The van der Waals surface area contributed by atoms with Crippen molar-refractivity contribution in [1.82, 2.24) is 0 Å². The highest BCUT2D eigenvalue weighted by Gasteiger charge is 2.44. The van der Waals surface area contributed by atoms with E-state index in [-0.39, 0.29) is 0 Å². The first-order chi connectivity index (χ1) is 7.34. The molecular weight excluding hydrogens is 196 g/mol. The minimum absolute atomic E-state index is 0.362. The van der Waals surface area contributed by atoms with Crippen LogP contribution in [0.1, 0.15) is 59.8 Å². The Balaban J connectivity index is 2.25. The molecule has 2 rings (SSSR count). The summed E-state index contributed by atoms with van der Waals surface area (Å²) < 4.78 is 0. The second-order valence-electron chi connectivity index (χ2n) is 6.73. The Morgan fingerprint density at radius 3 is 2.75 bits per heavy atom. The molecule has 2 aliphatic carbocycles. The zero-order chi connectivity index (χ0) is 12.0. The fourth-order valence-electron chi connectivity index (χ4n) is 3.60. The second-order valence-corrected chi connectivity index (χ2v) is 6.73. The maximum absolute atomic E-state index is 10.2. The van der Waals surface area contributed by atoms with Crippen molar-refractivity contribution in [2.24, 2.45) is 17.3 Å². The van der Waals surface area contributed by atoms with Crippen molar-refractivity contribution in [3.63, 3.8) is 0 Å². The lowest BCUT2D eigenvalue weighted by molar-refractivity contribution is -0.0154. The predicted molar refractivity (Wildman–Crippen MR) is 68.2 cm³/mol. The molecule has 0 aromatic rings. The molecule has 1 saturated carbocycles. The summed E-state index contributed by atoms with van der Waals surface area (Å²) in [7, 11) is 0. The van der Waals surface area contributed by atoms with Gasteiger partial charge in [0.25, 0.3) is 0 Å². The minimum atomic E-state index is -0.526. The van der Waals surface area contributed by atoms with Crippen molar-refractivity contribution in [3.05, 3.63) is 11.6 Å². The molecule has 2 aliphatic rings. The third kappa shape index (κ3) is 1.95. The van der Waals surface area contributed by atoms with E-state index < -0.39 is 5.60 Å². The lowest BCUT2D eigenvalue weighted by Crippen LogP contribution is -2.42. The van der Waals surface area contributed by atoms with Gasteiger partial charge in [0.05, 0.1) is 5.60 Å². The molecule has 0 aliphatic heterocycles. The van der Waals surface area contributed by atoms with Crippen LogP contribution in [0.2, 0.25) is 0 Å². The van der Waals surface area contributed by atoms with Gasteiger partial charge in [-0.2, -0.15) is 0 Å². The van der Waals surface area contributed by atoms with Crippen LogP contribution in [0.15, 0.2) is 11.6 Å². The van der Waals surface area contributed by atoms with Crippen LogP contribution >= 0.6 is 0 Å². The lowest BCUT2D eigenvalue weighted by atomic mass is 9.57. The average Bonchev–Trinajstić information content (AvgIpc) is 2.17. The van der Waals surface area contributed by atoms with Gasteiger partial charge in [0.1, 0.15) is 0 Å². The Morgan fingerprint density at radius 2 is 2.12 bits per heavy atom. The van der Waals surface area contributed by atoms with E-state index in [0.29, 0.717) is 11.3 Å². The number of fused-ring (bicyclic) bond motifs is 1. The van der Waals surface area contributed by atoms with Crippen molar-refractivity contribution in [2.75, 3.05) is 0 Å². The molecule has 92 valence electrons. The van der Waals surface area contributed by atoms with E-state index in [1.807, 2.05) is 13.8 Å². The molecule has 0 aromatic carbocycles. The average molecular weight is 222 g/mol. The molecule has 0 spiro atoms. The SMILES string of the molecule is C[C@H]1CCCC2=CCC(C(C)(C)O)C[C@]21C. The lowest BCUT2D eigenvalue weighted by Gasteiger charge is -2.49. The number of hydrogen-bond donors (Lipinski definition) is 1. The summed E-state index contributed by atoms with van der Waals surface area (Å²) in [4.78, 5) is 0. The Hall–Kier alpha value is -0.300. The zero-order valence-corrected chi connectivity index (χ0v) is 11.2. The van der Waals surface area contributed by atoms with Gasteiger partial charge in [-0.25, -0.2) is 0 Å². The molecule has 0 bridgehead atoms. The molecule has 16 heavy (non-hydrogen) atoms. The van der Waals surface area contributed by atoms with Gasteiger partial charge in [-0.15, -0.1) is 0 Å². The molecule has 0 aromatic heterocycles. The zero-order valence-electron chi connectivity index (χ0n) is 11.2. The molecule has 0 heterocycles. The third-order valence-corrected chi connectivity index (χ3v) is 5.22. The number of aliphatic hydroxyl groups is 1. The largest absolute Gasteiger partial charge is 0.390 e. The summed E-state index contributed by atoms with van der Waals surface area (Å²) in [6, 6.07) is 0. The first-order valence-electron chi connectivity index (χ1n) is 6.76. The van der Waals surface area contributed by atoms with Crippen molar-refractivity contribution >= 4 is 0 Å². The van der Waals surface area contributed by atoms with E-state index in [9.17, 15) is 5.11 Å². The molecule has 1 N–H and O–H groups in total. The molecule has 0 saturated heterocycles. The van der Waals surface area contributed by atoms with Crippen molar-refractivity contribution in [1.29, 1.82) is 0 Å². The maximum atomic E-state index is 10.2. The number of hydrogen-bond acceptors (Lipinski definition) is 1. The number of allylic oxidation sites excluding steroid dienone is 2. The Kier molecular flexibility index (Phi) is 2.94. The summed E-state index contributed by atoms with van der Waals surface area (Å²) in [5.41, 5.74) is 1.51. The molecular formula is C15H26O. The normalized spacial score (nSPS) is 40.2. The van der Waals surface area contributed by atoms with E-state index >= 15 is 0 Å². The van der Waals surface area contributed by atoms with E-state index in [4.69, 9.17) is 0 Å². The standard InChI is InChI=1S/C15H26O/c1-11-6-5-7-12-8-9-13(14(2,3)16)10-15(11,12)4/h8,11,13,16H,5-7,9-10H2,1-4H3/t11-,13?,15-/m0/s1. The van der Waals surface area contributed by atoms with Gasteiger partial charge < -0.3 is 5.11 Å². The highest BCUT2D eigenvalue weighted by atomic mass is 16.3. The molecule has 1 unspecified atom stereocenters. The Morgan fingerprint density at radius 1 is 1.44 bits per heavy atom. The maximum Gasteiger partial charge on any atom is 0.0623 e. The van der Waals surface area contributed by atoms with Crippen LogP contribution < -0.4 is 0 Å². The van der Waals surface area contributed by atoms with Gasteiger partial charge in [-0.05, 0) is 63.2 Å². The fraction of sp³-hybridized carbons (Fsp3) is 0.867. The van der Waals surface area contributed by atoms with Gasteiger partial charge in [0, 0.05) is 0 Å². The number of rotatable bonds is 1. The van der Waals surface area contributed by atoms with Crippen molar-refractivity contribution in [3.8, 4) is 0 Å². The van der Waals surface area contributed by atoms with Gasteiger partial charge in [-0.1, -0.05) is 25.5 Å². The fourth-order valence-corrected chi connectivity index (χ4v) is 3.60. The van der Waals surface area contributed by atoms with Gasteiger partial charge in [0.2, 0.25) is 0 Å². The first-order valence-corrected chi connectivity index (χ1v) is 6.76. The Labute approximate surface area is 99.9 Å². The first kappa shape index (κ1) is 12.2. The van der Waals surface area contributed by atoms with E-state index in [2.05, 4.69) is 19.9 Å². The third-order valence-electron chi connectivity index (χ3n) is 5.22.